The Kier molecular flexibility index (Phi) is 4.57. The first kappa shape index (κ1) is 15.9. The molecule has 23 heavy (non-hydrogen) atoms. The van der Waals surface area contributed by atoms with Gasteiger partial charge in [0.1, 0.15) is 5.69 Å². The van der Waals surface area contributed by atoms with E-state index in [1.807, 2.05) is 0 Å². The fraction of sp³-hybridized carbons (Fsp3) is 0. The van der Waals surface area contributed by atoms with Crippen LogP contribution < -0.4 is 5.32 Å². The van der Waals surface area contributed by atoms with Gasteiger partial charge in [-0.05, 0) is 24.3 Å². The molecule has 3 aromatic rings. The van der Waals surface area contributed by atoms with Crippen LogP contribution in [0.25, 0.3) is 11.3 Å². The molecule has 1 N–H and O–H groups in total. The van der Waals surface area contributed by atoms with E-state index in [4.69, 9.17) is 39.3 Å². The maximum Gasteiger partial charge on any atom is 0.261 e. The van der Waals surface area contributed by atoms with Crippen molar-refractivity contribution in [2.75, 3.05) is 5.32 Å². The molecule has 0 unspecified atom stereocenters. The Morgan fingerprint density at radius 3 is 2.30 bits per heavy atom. The van der Waals surface area contributed by atoms with Crippen molar-refractivity contribution in [3.05, 3.63) is 69.2 Å². The molecule has 0 saturated carbocycles. The van der Waals surface area contributed by atoms with Crippen LogP contribution in [0.5, 0.6) is 0 Å². The normalized spacial score (nSPS) is 10.6. The maximum atomic E-state index is 12.3. The van der Waals surface area contributed by atoms with Gasteiger partial charge >= 0.3 is 0 Å². The van der Waals surface area contributed by atoms with E-state index in [2.05, 4.69) is 10.5 Å². The van der Waals surface area contributed by atoms with Crippen molar-refractivity contribution in [1.29, 1.82) is 0 Å². The van der Waals surface area contributed by atoms with Gasteiger partial charge in [-0.2, -0.15) is 0 Å². The Morgan fingerprint density at radius 1 is 1.00 bits per heavy atom. The molecule has 0 atom stereocenters. The summed E-state index contributed by atoms with van der Waals surface area (Å²) >= 11 is 17.8. The van der Waals surface area contributed by atoms with Crippen molar-refractivity contribution in [3.63, 3.8) is 0 Å². The largest absolute Gasteiger partial charge is 0.338 e. The number of anilines is 1. The Morgan fingerprint density at radius 2 is 1.65 bits per heavy atom. The minimum absolute atomic E-state index is 0.181. The van der Waals surface area contributed by atoms with Crippen LogP contribution in [0.15, 0.2) is 53.1 Å². The highest BCUT2D eigenvalue weighted by molar-refractivity contribution is 6.40. The van der Waals surface area contributed by atoms with Crippen molar-refractivity contribution in [3.8, 4) is 11.3 Å². The zero-order valence-corrected chi connectivity index (χ0v) is 13.8. The number of hydrogen-bond acceptors (Lipinski definition) is 3. The van der Waals surface area contributed by atoms with Crippen LogP contribution in [0.1, 0.15) is 10.4 Å². The summed E-state index contributed by atoms with van der Waals surface area (Å²) in [5.74, 6) is -0.282. The quantitative estimate of drug-likeness (QED) is 0.660. The predicted molar refractivity (Wildman–Crippen MR) is 91.4 cm³/mol. The van der Waals surface area contributed by atoms with E-state index in [9.17, 15) is 4.79 Å². The number of amides is 1. The van der Waals surface area contributed by atoms with E-state index in [-0.39, 0.29) is 21.5 Å². The summed E-state index contributed by atoms with van der Waals surface area (Å²) in [4.78, 5) is 12.3. The van der Waals surface area contributed by atoms with Gasteiger partial charge in [0.15, 0.2) is 0 Å². The minimum Gasteiger partial charge on any atom is -0.338 e. The smallest absolute Gasteiger partial charge is 0.261 e. The van der Waals surface area contributed by atoms with Crippen LogP contribution in [-0.2, 0) is 0 Å². The third kappa shape index (κ3) is 3.50. The summed E-state index contributed by atoms with van der Waals surface area (Å²) in [6.07, 6.45) is 0. The topological polar surface area (TPSA) is 55.1 Å². The SMILES string of the molecule is O=C(Nc1cc(-c2ccc(Cl)cc2)no1)c1c(Cl)cccc1Cl. The second kappa shape index (κ2) is 6.62. The first-order chi connectivity index (χ1) is 11.0. The van der Waals surface area contributed by atoms with Gasteiger partial charge in [-0.1, -0.05) is 58.2 Å². The van der Waals surface area contributed by atoms with Gasteiger partial charge < -0.3 is 4.52 Å². The third-order valence-electron chi connectivity index (χ3n) is 3.08. The van der Waals surface area contributed by atoms with Gasteiger partial charge in [0, 0.05) is 16.7 Å². The van der Waals surface area contributed by atoms with E-state index in [1.165, 1.54) is 0 Å². The van der Waals surface area contributed by atoms with Gasteiger partial charge in [0.05, 0.1) is 15.6 Å². The highest BCUT2D eigenvalue weighted by Crippen LogP contribution is 2.27. The molecule has 1 heterocycles. The van der Waals surface area contributed by atoms with E-state index < -0.39 is 5.91 Å². The summed E-state index contributed by atoms with van der Waals surface area (Å²) in [6.45, 7) is 0. The first-order valence-corrected chi connectivity index (χ1v) is 7.66. The third-order valence-corrected chi connectivity index (χ3v) is 3.96. The Bertz CT molecular complexity index is 840. The molecule has 0 bridgehead atoms. The predicted octanol–water partition coefficient (Wildman–Crippen LogP) is 5.55. The van der Waals surface area contributed by atoms with Crippen molar-refractivity contribution in [2.24, 2.45) is 0 Å². The van der Waals surface area contributed by atoms with E-state index in [0.29, 0.717) is 10.7 Å². The van der Waals surface area contributed by atoms with Gasteiger partial charge in [-0.3, -0.25) is 10.1 Å². The monoisotopic (exact) mass is 366 g/mol. The van der Waals surface area contributed by atoms with Crippen molar-refractivity contribution < 1.29 is 9.32 Å². The van der Waals surface area contributed by atoms with Crippen LogP contribution in [0.2, 0.25) is 15.1 Å². The minimum atomic E-state index is -0.473. The molecule has 0 fully saturated rings. The van der Waals surface area contributed by atoms with Gasteiger partial charge in [0.25, 0.3) is 5.91 Å². The molecule has 4 nitrogen and oxygen atoms in total. The summed E-state index contributed by atoms with van der Waals surface area (Å²) in [5.41, 5.74) is 1.57. The number of carbonyl (C=O) groups is 1. The number of nitrogens with one attached hydrogen (secondary N) is 1. The van der Waals surface area contributed by atoms with Crippen LogP contribution in [0, 0.1) is 0 Å². The molecule has 116 valence electrons. The van der Waals surface area contributed by atoms with Crippen LogP contribution in [-0.4, -0.2) is 11.1 Å². The molecule has 0 aliphatic carbocycles. The summed E-state index contributed by atoms with van der Waals surface area (Å²) in [5, 5.41) is 7.63. The Balaban J connectivity index is 1.82. The summed E-state index contributed by atoms with van der Waals surface area (Å²) in [6, 6.07) is 13.5. The average molecular weight is 368 g/mol. The Labute approximate surface area is 146 Å². The van der Waals surface area contributed by atoms with Crippen molar-refractivity contribution >= 4 is 46.6 Å². The number of nitrogens with zero attached hydrogens (tertiary/aromatic N) is 1. The summed E-state index contributed by atoms with van der Waals surface area (Å²) in [7, 11) is 0. The van der Waals surface area contributed by atoms with E-state index in [0.717, 1.165) is 5.56 Å². The van der Waals surface area contributed by atoms with E-state index >= 15 is 0 Å². The molecule has 1 aromatic heterocycles. The highest BCUT2D eigenvalue weighted by atomic mass is 35.5. The zero-order valence-electron chi connectivity index (χ0n) is 11.5. The number of benzene rings is 2. The van der Waals surface area contributed by atoms with Crippen molar-refractivity contribution in [2.45, 2.75) is 0 Å². The second-order valence-corrected chi connectivity index (χ2v) is 5.88. The van der Waals surface area contributed by atoms with Gasteiger partial charge in [-0.25, -0.2) is 0 Å². The van der Waals surface area contributed by atoms with Crippen LogP contribution >= 0.6 is 34.8 Å². The van der Waals surface area contributed by atoms with Crippen LogP contribution in [0.4, 0.5) is 5.88 Å². The number of rotatable bonds is 3. The van der Waals surface area contributed by atoms with Gasteiger partial charge in [-0.15, -0.1) is 0 Å². The molecule has 1 amide bonds. The lowest BCUT2D eigenvalue weighted by Gasteiger charge is -2.05. The maximum absolute atomic E-state index is 12.3. The molecule has 0 aliphatic heterocycles. The lowest BCUT2D eigenvalue weighted by molar-refractivity contribution is 0.102. The lowest BCUT2D eigenvalue weighted by Crippen LogP contribution is -2.12. The molecular formula is C16H9Cl3N2O2. The summed E-state index contributed by atoms with van der Waals surface area (Å²) < 4.78 is 5.12. The number of hydrogen-bond donors (Lipinski definition) is 1. The molecule has 0 spiro atoms. The first-order valence-electron chi connectivity index (χ1n) is 6.52. The fourth-order valence-corrected chi connectivity index (χ4v) is 2.68. The van der Waals surface area contributed by atoms with E-state index in [1.54, 1.807) is 48.5 Å². The Hall–Kier alpha value is -2.01. The number of halogens is 3. The zero-order chi connectivity index (χ0) is 16.4. The molecule has 7 heteroatoms. The number of aromatic nitrogens is 1. The lowest BCUT2D eigenvalue weighted by atomic mass is 10.1. The van der Waals surface area contributed by atoms with Gasteiger partial charge in [0.2, 0.25) is 5.88 Å². The fourth-order valence-electron chi connectivity index (χ4n) is 1.98. The molecular weight excluding hydrogens is 359 g/mol. The highest BCUT2D eigenvalue weighted by Gasteiger charge is 2.17. The second-order valence-electron chi connectivity index (χ2n) is 4.63. The standard InChI is InChI=1S/C16H9Cl3N2O2/c17-10-6-4-9(5-7-10)13-8-14(23-21-13)20-16(22)15-11(18)2-1-3-12(15)19/h1-8H,(H,20,22). The molecule has 0 saturated heterocycles. The average Bonchev–Trinajstić information content (AvgIpc) is 2.96. The number of carbonyl (C=O) groups excluding carboxylic acids is 1. The molecule has 2 aromatic carbocycles. The molecule has 0 aliphatic rings. The molecule has 0 radical (unpaired) electrons. The van der Waals surface area contributed by atoms with Crippen molar-refractivity contribution in [1.82, 2.24) is 5.16 Å². The van der Waals surface area contributed by atoms with Crippen LogP contribution in [0.3, 0.4) is 0 Å². The molecule has 3 rings (SSSR count).